The van der Waals surface area contributed by atoms with Gasteiger partial charge < -0.3 is 14.8 Å². The number of amides is 1. The lowest BCUT2D eigenvalue weighted by atomic mass is 9.96. The van der Waals surface area contributed by atoms with Gasteiger partial charge in [0, 0.05) is 24.1 Å². The van der Waals surface area contributed by atoms with E-state index in [1.807, 2.05) is 30.3 Å². The Bertz CT molecular complexity index is 893. The van der Waals surface area contributed by atoms with E-state index in [0.29, 0.717) is 6.54 Å². The first-order valence-corrected chi connectivity index (χ1v) is 8.77. The minimum absolute atomic E-state index is 0.0514. The summed E-state index contributed by atoms with van der Waals surface area (Å²) in [6.45, 7) is -0.0108. The van der Waals surface area contributed by atoms with E-state index in [4.69, 9.17) is 9.47 Å². The first-order chi connectivity index (χ1) is 13.4. The van der Waals surface area contributed by atoms with Crippen LogP contribution in [0.5, 0.6) is 5.75 Å². The molecule has 0 atom stereocenters. The summed E-state index contributed by atoms with van der Waals surface area (Å²) in [5.74, 6) is -1.16. The molecule has 0 unspecified atom stereocenters. The van der Waals surface area contributed by atoms with Crippen molar-refractivity contribution in [2.45, 2.75) is 18.3 Å². The molecule has 2 aromatic rings. The number of hydrogen-bond donors (Lipinski definition) is 1. The minimum Gasteiger partial charge on any atom is -0.496 e. The summed E-state index contributed by atoms with van der Waals surface area (Å²) in [6.07, 6.45) is 1.98. The quantitative estimate of drug-likeness (QED) is 0.426. The average Bonchev–Trinajstić information content (AvgIpc) is 3.51. The molecule has 0 spiro atoms. The Morgan fingerprint density at radius 2 is 1.89 bits per heavy atom. The topological polar surface area (TPSA) is 108 Å². The first-order valence-electron chi connectivity index (χ1n) is 8.77. The van der Waals surface area contributed by atoms with Crippen LogP contribution in [0.25, 0.3) is 0 Å². The van der Waals surface area contributed by atoms with Gasteiger partial charge in [0.25, 0.3) is 11.6 Å². The van der Waals surface area contributed by atoms with Crippen molar-refractivity contribution < 1.29 is 24.0 Å². The summed E-state index contributed by atoms with van der Waals surface area (Å²) in [6, 6.07) is 13.5. The molecule has 2 aromatic carbocycles. The first kappa shape index (κ1) is 19.3. The van der Waals surface area contributed by atoms with Crippen LogP contribution in [-0.4, -0.2) is 37.1 Å². The maximum absolute atomic E-state index is 12.2. The van der Waals surface area contributed by atoms with E-state index in [1.165, 1.54) is 24.8 Å². The molecule has 1 saturated carbocycles. The number of nitro benzene ring substituents is 1. The highest BCUT2D eigenvalue weighted by atomic mass is 16.6. The summed E-state index contributed by atoms with van der Waals surface area (Å²) in [5, 5.41) is 13.7. The van der Waals surface area contributed by atoms with Crippen molar-refractivity contribution >= 4 is 17.6 Å². The molecular weight excluding hydrogens is 364 g/mol. The number of hydrogen-bond acceptors (Lipinski definition) is 6. The van der Waals surface area contributed by atoms with Crippen LogP contribution >= 0.6 is 0 Å². The second-order valence-corrected chi connectivity index (χ2v) is 6.64. The van der Waals surface area contributed by atoms with Gasteiger partial charge in [-0.1, -0.05) is 30.3 Å². The van der Waals surface area contributed by atoms with Crippen molar-refractivity contribution in [2.24, 2.45) is 0 Å². The Labute approximate surface area is 161 Å². The van der Waals surface area contributed by atoms with Crippen LogP contribution in [0.15, 0.2) is 48.5 Å². The number of nitrogens with one attached hydrogen (secondary N) is 1. The van der Waals surface area contributed by atoms with Gasteiger partial charge in [0.2, 0.25) is 0 Å². The summed E-state index contributed by atoms with van der Waals surface area (Å²) in [4.78, 5) is 34.6. The number of rotatable bonds is 8. The number of ether oxygens (including phenoxy) is 2. The van der Waals surface area contributed by atoms with E-state index in [0.717, 1.165) is 18.9 Å². The van der Waals surface area contributed by atoms with Gasteiger partial charge in [-0.15, -0.1) is 0 Å². The molecule has 1 amide bonds. The Morgan fingerprint density at radius 3 is 2.50 bits per heavy atom. The van der Waals surface area contributed by atoms with E-state index in [-0.39, 0.29) is 22.4 Å². The van der Waals surface area contributed by atoms with Crippen molar-refractivity contribution in [1.29, 1.82) is 0 Å². The summed E-state index contributed by atoms with van der Waals surface area (Å²) in [7, 11) is 1.34. The minimum atomic E-state index is -0.861. The Hall–Kier alpha value is -3.42. The molecule has 0 aromatic heterocycles. The molecule has 8 heteroatoms. The van der Waals surface area contributed by atoms with Crippen LogP contribution in [0.4, 0.5) is 5.69 Å². The van der Waals surface area contributed by atoms with Gasteiger partial charge in [-0.05, 0) is 24.5 Å². The van der Waals surface area contributed by atoms with Crippen LogP contribution in [0.3, 0.4) is 0 Å². The smallest absolute Gasteiger partial charge is 0.342 e. The number of nitro groups is 1. The second kappa shape index (κ2) is 8.08. The molecule has 0 saturated heterocycles. The highest BCUT2D eigenvalue weighted by Crippen LogP contribution is 2.47. The molecule has 28 heavy (non-hydrogen) atoms. The molecule has 8 nitrogen and oxygen atoms in total. The average molecular weight is 384 g/mol. The van der Waals surface area contributed by atoms with Gasteiger partial charge in [0.15, 0.2) is 6.61 Å². The highest BCUT2D eigenvalue weighted by Gasteiger charge is 2.44. The third-order valence-electron chi connectivity index (χ3n) is 4.81. The van der Waals surface area contributed by atoms with Crippen LogP contribution in [0.1, 0.15) is 28.8 Å². The molecule has 1 aliphatic rings. The molecule has 0 bridgehead atoms. The van der Waals surface area contributed by atoms with Crippen molar-refractivity contribution in [3.8, 4) is 5.75 Å². The zero-order chi connectivity index (χ0) is 20.1. The van der Waals surface area contributed by atoms with Gasteiger partial charge in [-0.2, -0.15) is 0 Å². The lowest BCUT2D eigenvalue weighted by molar-refractivity contribution is -0.384. The third kappa shape index (κ3) is 4.28. The summed E-state index contributed by atoms with van der Waals surface area (Å²) >= 11 is 0. The van der Waals surface area contributed by atoms with Gasteiger partial charge in [-0.25, -0.2) is 4.79 Å². The zero-order valence-corrected chi connectivity index (χ0v) is 15.3. The Morgan fingerprint density at radius 1 is 1.18 bits per heavy atom. The lowest BCUT2D eigenvalue weighted by Crippen LogP contribution is -2.35. The number of benzene rings is 2. The Kier molecular flexibility index (Phi) is 5.58. The van der Waals surface area contributed by atoms with E-state index in [2.05, 4.69) is 5.32 Å². The Balaban J connectivity index is 1.56. The number of methoxy groups -OCH3 is 1. The van der Waals surface area contributed by atoms with E-state index in [1.54, 1.807) is 0 Å². The monoisotopic (exact) mass is 384 g/mol. The maximum atomic E-state index is 12.2. The standard InChI is InChI=1S/C20H20N2O6/c1-27-17-8-7-15(22(25)26)11-16(17)19(24)28-12-18(23)21-13-20(9-10-20)14-5-3-2-4-6-14/h2-8,11H,9-10,12-13H2,1H3,(H,21,23). The molecule has 1 N–H and O–H groups in total. The van der Waals surface area contributed by atoms with E-state index in [9.17, 15) is 19.7 Å². The highest BCUT2D eigenvalue weighted by molar-refractivity contribution is 5.94. The number of non-ortho nitro benzene ring substituents is 1. The second-order valence-electron chi connectivity index (χ2n) is 6.64. The molecule has 0 aliphatic heterocycles. The van der Waals surface area contributed by atoms with Gasteiger partial charge in [-0.3, -0.25) is 14.9 Å². The zero-order valence-electron chi connectivity index (χ0n) is 15.3. The lowest BCUT2D eigenvalue weighted by Gasteiger charge is -2.16. The van der Waals surface area contributed by atoms with Crippen LogP contribution < -0.4 is 10.1 Å². The third-order valence-corrected chi connectivity index (χ3v) is 4.81. The number of esters is 1. The summed E-state index contributed by atoms with van der Waals surface area (Å²) < 4.78 is 10.0. The van der Waals surface area contributed by atoms with Crippen molar-refractivity contribution in [3.63, 3.8) is 0 Å². The van der Waals surface area contributed by atoms with E-state index >= 15 is 0 Å². The fraction of sp³-hybridized carbons (Fsp3) is 0.300. The largest absolute Gasteiger partial charge is 0.496 e. The number of nitrogens with zero attached hydrogens (tertiary/aromatic N) is 1. The molecular formula is C20H20N2O6. The molecule has 146 valence electrons. The molecule has 0 heterocycles. The van der Waals surface area contributed by atoms with Crippen LogP contribution in [-0.2, 0) is 14.9 Å². The van der Waals surface area contributed by atoms with Crippen LogP contribution in [0.2, 0.25) is 0 Å². The summed E-state index contributed by atoms with van der Waals surface area (Å²) in [5.41, 5.74) is 0.751. The van der Waals surface area contributed by atoms with E-state index < -0.39 is 23.4 Å². The fourth-order valence-corrected chi connectivity index (χ4v) is 3.01. The van der Waals surface area contributed by atoms with Crippen molar-refractivity contribution in [3.05, 3.63) is 69.8 Å². The van der Waals surface area contributed by atoms with Crippen molar-refractivity contribution in [2.75, 3.05) is 20.3 Å². The molecule has 1 fully saturated rings. The van der Waals surface area contributed by atoms with Crippen LogP contribution in [0, 0.1) is 10.1 Å². The SMILES string of the molecule is COc1ccc([N+](=O)[O-])cc1C(=O)OCC(=O)NCC1(c2ccccc2)CC1. The van der Waals surface area contributed by atoms with Crippen molar-refractivity contribution in [1.82, 2.24) is 5.32 Å². The number of carbonyl (C=O) groups excluding carboxylic acids is 2. The van der Waals surface area contributed by atoms with Gasteiger partial charge >= 0.3 is 5.97 Å². The normalized spacial score (nSPS) is 14.0. The molecule has 0 radical (unpaired) electrons. The predicted octanol–water partition coefficient (Wildman–Crippen LogP) is 2.61. The fourth-order valence-electron chi connectivity index (χ4n) is 3.01. The predicted molar refractivity (Wildman–Crippen MR) is 100 cm³/mol. The molecule has 3 rings (SSSR count). The maximum Gasteiger partial charge on any atom is 0.342 e. The molecule has 1 aliphatic carbocycles. The number of carbonyl (C=O) groups is 2. The van der Waals surface area contributed by atoms with Gasteiger partial charge in [0.05, 0.1) is 12.0 Å². The van der Waals surface area contributed by atoms with Gasteiger partial charge in [0.1, 0.15) is 11.3 Å².